The largest absolute Gasteiger partial charge is 0.370 e. The van der Waals surface area contributed by atoms with Crippen molar-refractivity contribution in [3.8, 4) is 0 Å². The molecule has 11 heavy (non-hydrogen) atoms. The van der Waals surface area contributed by atoms with Crippen molar-refractivity contribution < 1.29 is 4.79 Å². The maximum atomic E-state index is 10.8. The van der Waals surface area contributed by atoms with Gasteiger partial charge in [0, 0.05) is 5.54 Å². The van der Waals surface area contributed by atoms with Gasteiger partial charge in [-0.25, -0.2) is 4.79 Å². The Kier molecular flexibility index (Phi) is 2.86. The third kappa shape index (κ3) is 6.63. The topological polar surface area (TPSA) is 93.5 Å². The Morgan fingerprint density at radius 1 is 1.36 bits per heavy atom. The highest BCUT2D eigenvalue weighted by molar-refractivity contribution is 5.90. The first-order valence-corrected chi connectivity index (χ1v) is 3.23. The highest BCUT2D eigenvalue weighted by atomic mass is 16.2. The van der Waals surface area contributed by atoms with Gasteiger partial charge in [-0.1, -0.05) is 0 Å². The number of nitrogens with one attached hydrogen (secondary N) is 1. The monoisotopic (exact) mass is 158 g/mol. The summed E-state index contributed by atoms with van der Waals surface area (Å²) in [6, 6.07) is -0.516. The fourth-order valence-corrected chi connectivity index (χ4v) is 0.466. The summed E-state index contributed by atoms with van der Waals surface area (Å²) < 4.78 is 0. The van der Waals surface area contributed by atoms with Gasteiger partial charge < -0.3 is 16.8 Å². The van der Waals surface area contributed by atoms with E-state index in [1.54, 1.807) is 0 Å². The molecule has 2 amide bonds. The van der Waals surface area contributed by atoms with Gasteiger partial charge in [-0.2, -0.15) is 4.99 Å². The molecule has 5 heteroatoms. The Balaban J connectivity index is 4.00. The molecule has 64 valence electrons. The summed E-state index contributed by atoms with van der Waals surface area (Å²) in [5.41, 5.74) is 9.65. The minimum atomic E-state index is -0.516. The number of hydrogen-bond donors (Lipinski definition) is 3. The molecule has 0 aromatic heterocycles. The molecule has 0 aromatic carbocycles. The highest BCUT2D eigenvalue weighted by Crippen LogP contribution is 1.98. The van der Waals surface area contributed by atoms with Gasteiger partial charge in [0.2, 0.25) is 0 Å². The van der Waals surface area contributed by atoms with E-state index in [-0.39, 0.29) is 11.5 Å². The lowest BCUT2D eigenvalue weighted by molar-refractivity contribution is 0.241. The van der Waals surface area contributed by atoms with Crippen LogP contribution in [0.4, 0.5) is 4.79 Å². The van der Waals surface area contributed by atoms with Crippen molar-refractivity contribution in [1.82, 2.24) is 5.32 Å². The summed E-state index contributed by atoms with van der Waals surface area (Å²) in [5, 5.41) is 2.56. The summed E-state index contributed by atoms with van der Waals surface area (Å²) in [4.78, 5) is 14.1. The number of nitrogens with two attached hydrogens (primary N) is 2. The van der Waals surface area contributed by atoms with Crippen molar-refractivity contribution in [2.24, 2.45) is 16.5 Å². The van der Waals surface area contributed by atoms with E-state index in [1.165, 1.54) is 0 Å². The van der Waals surface area contributed by atoms with Crippen LogP contribution < -0.4 is 16.8 Å². The first-order valence-electron chi connectivity index (χ1n) is 3.23. The van der Waals surface area contributed by atoms with E-state index >= 15 is 0 Å². The highest BCUT2D eigenvalue weighted by Gasteiger charge is 2.12. The van der Waals surface area contributed by atoms with Crippen molar-refractivity contribution in [3.63, 3.8) is 0 Å². The molecule has 0 spiro atoms. The number of aliphatic imine (C=N–C) groups is 1. The van der Waals surface area contributed by atoms with Gasteiger partial charge in [-0.15, -0.1) is 0 Å². The minimum Gasteiger partial charge on any atom is -0.370 e. The van der Waals surface area contributed by atoms with E-state index in [9.17, 15) is 4.79 Å². The predicted octanol–water partition coefficient (Wildman–Crippen LogP) is -0.232. The fourth-order valence-electron chi connectivity index (χ4n) is 0.466. The lowest BCUT2D eigenvalue weighted by atomic mass is 10.1. The summed E-state index contributed by atoms with van der Waals surface area (Å²) in [5.74, 6) is -0.230. The van der Waals surface area contributed by atoms with Gasteiger partial charge in [-0.3, -0.25) is 0 Å². The average Bonchev–Trinajstić information content (AvgIpc) is 1.53. The van der Waals surface area contributed by atoms with Crippen molar-refractivity contribution in [2.45, 2.75) is 26.3 Å². The molecule has 0 rings (SSSR count). The van der Waals surface area contributed by atoms with Crippen LogP contribution in [0.1, 0.15) is 20.8 Å². The van der Waals surface area contributed by atoms with E-state index in [1.807, 2.05) is 20.8 Å². The Morgan fingerprint density at radius 3 is 2.09 bits per heavy atom. The molecule has 0 unspecified atom stereocenters. The normalized spacial score (nSPS) is 10.5. The molecule has 0 aliphatic rings. The van der Waals surface area contributed by atoms with Crippen LogP contribution in [0.15, 0.2) is 4.99 Å². The van der Waals surface area contributed by atoms with Gasteiger partial charge in [0.1, 0.15) is 0 Å². The Morgan fingerprint density at radius 2 is 1.82 bits per heavy atom. The van der Waals surface area contributed by atoms with Crippen LogP contribution in [0.3, 0.4) is 0 Å². The van der Waals surface area contributed by atoms with Crippen molar-refractivity contribution in [1.29, 1.82) is 0 Å². The molecule has 0 saturated carbocycles. The second-order valence-electron chi connectivity index (χ2n) is 3.22. The first-order chi connectivity index (χ1) is 4.81. The number of urea groups is 1. The number of carbonyl (C=O) groups is 1. The van der Waals surface area contributed by atoms with Crippen LogP contribution in [0.25, 0.3) is 0 Å². The van der Waals surface area contributed by atoms with E-state index in [2.05, 4.69) is 10.3 Å². The van der Waals surface area contributed by atoms with Gasteiger partial charge >= 0.3 is 6.03 Å². The standard InChI is InChI=1S/C6H14N4O/c1-6(2,3)10-5(11)9-4(7)8/h1-3H3,(H5,7,8,9,10,11). The maximum absolute atomic E-state index is 10.8. The lowest BCUT2D eigenvalue weighted by Crippen LogP contribution is -2.40. The summed E-state index contributed by atoms with van der Waals surface area (Å²) in [7, 11) is 0. The van der Waals surface area contributed by atoms with Gasteiger partial charge in [0.15, 0.2) is 5.96 Å². The van der Waals surface area contributed by atoms with Gasteiger partial charge in [0.25, 0.3) is 0 Å². The van der Waals surface area contributed by atoms with Crippen molar-refractivity contribution in [3.05, 3.63) is 0 Å². The van der Waals surface area contributed by atoms with Crippen molar-refractivity contribution in [2.75, 3.05) is 0 Å². The molecule has 0 aromatic rings. The third-order valence-corrected chi connectivity index (χ3v) is 0.713. The second kappa shape index (κ2) is 3.23. The quantitative estimate of drug-likeness (QED) is 0.335. The number of rotatable bonds is 0. The third-order valence-electron chi connectivity index (χ3n) is 0.713. The lowest BCUT2D eigenvalue weighted by Gasteiger charge is -2.18. The summed E-state index contributed by atoms with van der Waals surface area (Å²) in [6.07, 6.45) is 0. The molecule has 0 aliphatic carbocycles. The Hall–Kier alpha value is -1.26. The number of guanidine groups is 1. The van der Waals surface area contributed by atoms with Crippen LogP contribution in [0.2, 0.25) is 0 Å². The van der Waals surface area contributed by atoms with E-state index < -0.39 is 6.03 Å². The molecule has 0 bridgehead atoms. The molecule has 0 atom stereocenters. The molecular formula is C6H14N4O. The van der Waals surface area contributed by atoms with Gasteiger partial charge in [-0.05, 0) is 20.8 Å². The van der Waals surface area contributed by atoms with E-state index in [0.717, 1.165) is 0 Å². The average molecular weight is 158 g/mol. The van der Waals surface area contributed by atoms with Crippen molar-refractivity contribution >= 4 is 12.0 Å². The Bertz CT molecular complexity index is 176. The smallest absolute Gasteiger partial charge is 0.344 e. The molecule has 0 saturated heterocycles. The number of nitrogens with zero attached hydrogens (tertiary/aromatic N) is 1. The second-order valence-corrected chi connectivity index (χ2v) is 3.22. The Labute approximate surface area is 65.9 Å². The van der Waals surface area contributed by atoms with Crippen LogP contribution in [0.5, 0.6) is 0 Å². The van der Waals surface area contributed by atoms with Crippen LogP contribution in [-0.4, -0.2) is 17.5 Å². The molecule has 0 fully saturated rings. The summed E-state index contributed by atoms with van der Waals surface area (Å²) >= 11 is 0. The molecular weight excluding hydrogens is 144 g/mol. The zero-order valence-electron chi connectivity index (χ0n) is 7.01. The molecule has 5 N–H and O–H groups in total. The SMILES string of the molecule is CC(C)(C)NC(=O)N=C(N)N. The molecule has 0 aliphatic heterocycles. The predicted molar refractivity (Wildman–Crippen MR) is 44.1 cm³/mol. The molecule has 5 nitrogen and oxygen atoms in total. The number of amides is 2. The van der Waals surface area contributed by atoms with Crippen LogP contribution >= 0.6 is 0 Å². The maximum Gasteiger partial charge on any atom is 0.344 e. The zero-order chi connectivity index (χ0) is 9.07. The number of carbonyl (C=O) groups excluding carboxylic acids is 1. The van der Waals surface area contributed by atoms with Crippen LogP contribution in [0, 0.1) is 0 Å². The van der Waals surface area contributed by atoms with E-state index in [4.69, 9.17) is 11.5 Å². The summed E-state index contributed by atoms with van der Waals surface area (Å²) in [6.45, 7) is 5.52. The van der Waals surface area contributed by atoms with E-state index in [0.29, 0.717) is 0 Å². The minimum absolute atomic E-state index is 0.230. The molecule has 0 heterocycles. The van der Waals surface area contributed by atoms with Gasteiger partial charge in [0.05, 0.1) is 0 Å². The number of hydrogen-bond acceptors (Lipinski definition) is 1. The van der Waals surface area contributed by atoms with Crippen LogP contribution in [-0.2, 0) is 0 Å². The fraction of sp³-hybridized carbons (Fsp3) is 0.667. The first kappa shape index (κ1) is 9.74. The zero-order valence-corrected chi connectivity index (χ0v) is 7.01. The molecule has 0 radical (unpaired) electrons.